The van der Waals surface area contributed by atoms with Crippen LogP contribution in [-0.2, 0) is 0 Å². The zero-order chi connectivity index (χ0) is 24.8. The fourth-order valence-corrected chi connectivity index (χ4v) is 5.63. The Balaban J connectivity index is 0.00000117. The van der Waals surface area contributed by atoms with E-state index in [1.54, 1.807) is 0 Å². The standard InChI is InChI=1S/C33H24O.C2H6/c1-20-7-9-23-13-15-29-32(27(23)17-20)31(26-12-11-22-5-3-4-6-25(22)19-26)33-28-18-21(2)8-10-24(28)14-16-30(33)34-29;1-2/h3-19,31H,1-2H3;1-2H3. The summed E-state index contributed by atoms with van der Waals surface area (Å²) in [6.07, 6.45) is 0. The highest BCUT2D eigenvalue weighted by molar-refractivity contribution is 5.96. The van der Waals surface area contributed by atoms with Crippen LogP contribution >= 0.6 is 0 Å². The smallest absolute Gasteiger partial charge is 0.132 e. The summed E-state index contributed by atoms with van der Waals surface area (Å²) in [5, 5.41) is 7.57. The molecule has 1 nitrogen and oxygen atoms in total. The summed E-state index contributed by atoms with van der Waals surface area (Å²) in [7, 11) is 0. The minimum Gasteiger partial charge on any atom is -0.457 e. The number of benzene rings is 6. The van der Waals surface area contributed by atoms with Gasteiger partial charge in [-0.25, -0.2) is 0 Å². The van der Waals surface area contributed by atoms with Gasteiger partial charge in [0.2, 0.25) is 0 Å². The van der Waals surface area contributed by atoms with Gasteiger partial charge in [-0.1, -0.05) is 116 Å². The van der Waals surface area contributed by atoms with Crippen molar-refractivity contribution in [3.8, 4) is 11.5 Å². The first-order valence-corrected chi connectivity index (χ1v) is 12.9. The summed E-state index contributed by atoms with van der Waals surface area (Å²) in [5.41, 5.74) is 6.35. The largest absolute Gasteiger partial charge is 0.457 e. The Morgan fingerprint density at radius 2 is 1.00 bits per heavy atom. The van der Waals surface area contributed by atoms with Gasteiger partial charge >= 0.3 is 0 Å². The molecule has 0 unspecified atom stereocenters. The van der Waals surface area contributed by atoms with Crippen LogP contribution in [0.25, 0.3) is 32.3 Å². The molecule has 0 aromatic heterocycles. The molecule has 0 radical (unpaired) electrons. The Labute approximate surface area is 213 Å². The fraction of sp³-hybridized carbons (Fsp3) is 0.143. The van der Waals surface area contributed by atoms with Gasteiger partial charge in [0.1, 0.15) is 11.5 Å². The zero-order valence-electron chi connectivity index (χ0n) is 21.3. The zero-order valence-corrected chi connectivity index (χ0v) is 21.3. The number of rotatable bonds is 1. The van der Waals surface area contributed by atoms with E-state index in [-0.39, 0.29) is 5.92 Å². The van der Waals surface area contributed by atoms with Crippen molar-refractivity contribution in [1.29, 1.82) is 0 Å². The van der Waals surface area contributed by atoms with Gasteiger partial charge in [0, 0.05) is 17.0 Å². The third-order valence-corrected chi connectivity index (χ3v) is 7.26. The molecule has 0 spiro atoms. The second-order valence-electron chi connectivity index (χ2n) is 9.55. The summed E-state index contributed by atoms with van der Waals surface area (Å²) in [6.45, 7) is 8.33. The van der Waals surface area contributed by atoms with Crippen LogP contribution in [0.1, 0.15) is 47.6 Å². The summed E-state index contributed by atoms with van der Waals surface area (Å²) in [5.74, 6) is 1.99. The van der Waals surface area contributed by atoms with Crippen LogP contribution in [-0.4, -0.2) is 0 Å². The van der Waals surface area contributed by atoms with Gasteiger partial charge in [-0.15, -0.1) is 0 Å². The van der Waals surface area contributed by atoms with Crippen LogP contribution in [0.3, 0.4) is 0 Å². The number of aryl methyl sites for hydroxylation is 2. The molecule has 0 saturated heterocycles. The van der Waals surface area contributed by atoms with E-state index in [2.05, 4.69) is 117 Å². The van der Waals surface area contributed by atoms with Gasteiger partial charge in [-0.3, -0.25) is 0 Å². The maximum absolute atomic E-state index is 6.61. The first kappa shape index (κ1) is 22.4. The van der Waals surface area contributed by atoms with Crippen molar-refractivity contribution >= 4 is 32.3 Å². The van der Waals surface area contributed by atoms with E-state index in [0.717, 1.165) is 11.5 Å². The normalized spacial score (nSPS) is 12.6. The average Bonchev–Trinajstić information content (AvgIpc) is 2.92. The molecular weight excluding hydrogens is 436 g/mol. The SMILES string of the molecule is CC.Cc1ccc2ccc3c(c2c1)C(c1ccc2ccccc2c1)c1c(ccc2ccc(C)cc12)O3. The Bertz CT molecular complexity index is 1670. The lowest BCUT2D eigenvalue weighted by molar-refractivity contribution is 0.456. The minimum absolute atomic E-state index is 0.0827. The number of fused-ring (bicyclic) bond motifs is 7. The molecule has 0 bridgehead atoms. The van der Waals surface area contributed by atoms with Crippen LogP contribution < -0.4 is 4.74 Å². The molecular formula is C35H30O. The van der Waals surface area contributed by atoms with Gasteiger partial charge in [0.25, 0.3) is 0 Å². The lowest BCUT2D eigenvalue weighted by Gasteiger charge is -2.31. The topological polar surface area (TPSA) is 9.23 Å². The van der Waals surface area contributed by atoms with Gasteiger partial charge in [-0.2, -0.15) is 0 Å². The maximum Gasteiger partial charge on any atom is 0.132 e. The molecule has 0 amide bonds. The summed E-state index contributed by atoms with van der Waals surface area (Å²) in [6, 6.07) is 37.6. The van der Waals surface area contributed by atoms with Crippen molar-refractivity contribution < 1.29 is 4.74 Å². The Morgan fingerprint density at radius 3 is 1.58 bits per heavy atom. The molecule has 0 N–H and O–H groups in total. The average molecular weight is 467 g/mol. The predicted molar refractivity (Wildman–Crippen MR) is 154 cm³/mol. The van der Waals surface area contributed by atoms with Gasteiger partial charge in [-0.05, 0) is 63.9 Å². The minimum atomic E-state index is 0.0827. The van der Waals surface area contributed by atoms with E-state index < -0.39 is 0 Å². The third-order valence-electron chi connectivity index (χ3n) is 7.26. The first-order valence-electron chi connectivity index (χ1n) is 12.9. The summed E-state index contributed by atoms with van der Waals surface area (Å²) < 4.78 is 6.61. The van der Waals surface area contributed by atoms with Crippen molar-refractivity contribution in [2.24, 2.45) is 0 Å². The number of hydrogen-bond acceptors (Lipinski definition) is 1. The van der Waals surface area contributed by atoms with Crippen LogP contribution in [0.5, 0.6) is 11.5 Å². The molecule has 1 heterocycles. The lowest BCUT2D eigenvalue weighted by atomic mass is 9.78. The van der Waals surface area contributed by atoms with Crippen LogP contribution in [0.2, 0.25) is 0 Å². The molecule has 6 aromatic rings. The van der Waals surface area contributed by atoms with Crippen molar-refractivity contribution in [3.63, 3.8) is 0 Å². The Kier molecular flexibility index (Phi) is 5.49. The molecule has 0 aliphatic carbocycles. The first-order chi connectivity index (χ1) is 17.7. The van der Waals surface area contributed by atoms with Crippen molar-refractivity contribution in [2.75, 3.05) is 0 Å². The van der Waals surface area contributed by atoms with Gasteiger partial charge in [0.05, 0.1) is 0 Å². The molecule has 0 saturated carbocycles. The number of hydrogen-bond donors (Lipinski definition) is 0. The van der Waals surface area contributed by atoms with E-state index in [1.165, 1.54) is 60.1 Å². The monoisotopic (exact) mass is 466 g/mol. The third kappa shape index (κ3) is 3.55. The Morgan fingerprint density at radius 1 is 0.500 bits per heavy atom. The molecule has 7 rings (SSSR count). The van der Waals surface area contributed by atoms with E-state index in [1.807, 2.05) is 13.8 Å². The van der Waals surface area contributed by atoms with Crippen molar-refractivity contribution in [3.05, 3.63) is 131 Å². The predicted octanol–water partition coefficient (Wildman–Crippen LogP) is 10.1. The van der Waals surface area contributed by atoms with Crippen molar-refractivity contribution in [2.45, 2.75) is 33.6 Å². The van der Waals surface area contributed by atoms with E-state index >= 15 is 0 Å². The fourth-order valence-electron chi connectivity index (χ4n) is 5.63. The molecule has 1 aliphatic rings. The molecule has 0 fully saturated rings. The number of ether oxygens (including phenoxy) is 1. The highest BCUT2D eigenvalue weighted by Gasteiger charge is 2.32. The molecule has 1 heteroatoms. The van der Waals surface area contributed by atoms with Gasteiger partial charge in [0.15, 0.2) is 0 Å². The van der Waals surface area contributed by atoms with E-state index in [0.29, 0.717) is 0 Å². The highest BCUT2D eigenvalue weighted by Crippen LogP contribution is 2.52. The molecule has 1 aliphatic heterocycles. The Hall–Kier alpha value is -4.10. The lowest BCUT2D eigenvalue weighted by Crippen LogP contribution is -2.13. The quantitative estimate of drug-likeness (QED) is 0.234. The molecule has 176 valence electrons. The van der Waals surface area contributed by atoms with E-state index in [4.69, 9.17) is 4.74 Å². The van der Waals surface area contributed by atoms with Crippen LogP contribution in [0.4, 0.5) is 0 Å². The second kappa shape index (κ2) is 8.84. The molecule has 0 atom stereocenters. The second-order valence-corrected chi connectivity index (χ2v) is 9.55. The van der Waals surface area contributed by atoms with Crippen LogP contribution in [0.15, 0.2) is 103 Å². The van der Waals surface area contributed by atoms with Gasteiger partial charge < -0.3 is 4.74 Å². The highest BCUT2D eigenvalue weighted by atomic mass is 16.5. The van der Waals surface area contributed by atoms with E-state index in [9.17, 15) is 0 Å². The molecule has 6 aromatic carbocycles. The summed E-state index contributed by atoms with van der Waals surface area (Å²) in [4.78, 5) is 0. The molecule has 36 heavy (non-hydrogen) atoms. The summed E-state index contributed by atoms with van der Waals surface area (Å²) >= 11 is 0. The van der Waals surface area contributed by atoms with Crippen molar-refractivity contribution in [1.82, 2.24) is 0 Å². The maximum atomic E-state index is 6.61. The van der Waals surface area contributed by atoms with Crippen LogP contribution in [0, 0.1) is 13.8 Å².